The Labute approximate surface area is 212 Å². The summed E-state index contributed by atoms with van der Waals surface area (Å²) in [6.45, 7) is 1.65. The second-order valence-corrected chi connectivity index (χ2v) is 8.59. The summed E-state index contributed by atoms with van der Waals surface area (Å²) in [6.07, 6.45) is 1.99. The molecule has 0 spiro atoms. The van der Waals surface area contributed by atoms with E-state index in [-0.39, 0.29) is 27.7 Å². The number of fused-ring (bicyclic) bond motifs is 2. The molecule has 0 N–H and O–H groups in total. The lowest BCUT2D eigenvalue weighted by Gasteiger charge is -2.10. The standard InChI is InChI=1S/C30H22N2O5/c1-19-27(34)22-12-7-13-23(29(22)37-28(19)20-9-3-2-4-10-20)30(35)36-18-26(33)24-17-32(16-8-15-31)25-14-6-5-11-21(24)25/h2-7,9-14,17H,8,16,18H2,1H3. The normalized spacial score (nSPS) is 10.9. The molecule has 7 heteroatoms. The van der Waals surface area contributed by atoms with Crippen LogP contribution >= 0.6 is 0 Å². The van der Waals surface area contributed by atoms with E-state index in [4.69, 9.17) is 14.4 Å². The van der Waals surface area contributed by atoms with Gasteiger partial charge in [0, 0.05) is 40.3 Å². The Balaban J connectivity index is 1.45. The minimum absolute atomic E-state index is 0.0658. The molecule has 0 unspecified atom stereocenters. The SMILES string of the molecule is Cc1c(-c2ccccc2)oc2c(C(=O)OCC(=O)c3cn(CCC#N)c4ccccc34)cccc2c1=O. The summed E-state index contributed by atoms with van der Waals surface area (Å²) < 4.78 is 13.3. The van der Waals surface area contributed by atoms with Crippen LogP contribution in [0, 0.1) is 18.3 Å². The van der Waals surface area contributed by atoms with Crippen LogP contribution in [-0.2, 0) is 11.3 Å². The molecule has 0 saturated carbocycles. The van der Waals surface area contributed by atoms with Crippen molar-refractivity contribution in [2.75, 3.05) is 6.61 Å². The van der Waals surface area contributed by atoms with E-state index in [1.54, 1.807) is 25.3 Å². The van der Waals surface area contributed by atoms with Gasteiger partial charge in [0.25, 0.3) is 0 Å². The highest BCUT2D eigenvalue weighted by molar-refractivity contribution is 6.10. The number of nitrogens with zero attached hydrogens (tertiary/aromatic N) is 2. The molecule has 37 heavy (non-hydrogen) atoms. The summed E-state index contributed by atoms with van der Waals surface area (Å²) in [5.74, 6) is -0.763. The number of carbonyl (C=O) groups excluding carboxylic acids is 2. The molecule has 0 radical (unpaired) electrons. The second kappa shape index (κ2) is 9.96. The lowest BCUT2D eigenvalue weighted by molar-refractivity contribution is 0.0476. The monoisotopic (exact) mass is 490 g/mol. The predicted molar refractivity (Wildman–Crippen MR) is 139 cm³/mol. The molecule has 3 aromatic carbocycles. The number of hydrogen-bond donors (Lipinski definition) is 0. The maximum Gasteiger partial charge on any atom is 0.342 e. The first-order valence-electron chi connectivity index (χ1n) is 11.8. The molecular formula is C30H22N2O5. The molecule has 2 heterocycles. The van der Waals surface area contributed by atoms with Gasteiger partial charge in [-0.15, -0.1) is 0 Å². The maximum absolute atomic E-state index is 13.1. The van der Waals surface area contributed by atoms with Gasteiger partial charge in [0.15, 0.2) is 17.6 Å². The average Bonchev–Trinajstić information content (AvgIpc) is 3.31. The van der Waals surface area contributed by atoms with E-state index in [1.807, 2.05) is 59.2 Å². The maximum atomic E-state index is 13.1. The number of nitriles is 1. The molecule has 0 aliphatic heterocycles. The largest absolute Gasteiger partial charge is 0.455 e. The molecule has 0 aliphatic rings. The summed E-state index contributed by atoms with van der Waals surface area (Å²) >= 11 is 0. The van der Waals surface area contributed by atoms with Crippen molar-refractivity contribution in [3.8, 4) is 17.4 Å². The number of rotatable bonds is 7. The van der Waals surface area contributed by atoms with Gasteiger partial charge < -0.3 is 13.7 Å². The van der Waals surface area contributed by atoms with Crippen LogP contribution in [0.15, 0.2) is 88.2 Å². The van der Waals surface area contributed by atoms with Gasteiger partial charge in [-0.3, -0.25) is 9.59 Å². The van der Waals surface area contributed by atoms with Crippen molar-refractivity contribution in [3.63, 3.8) is 0 Å². The van der Waals surface area contributed by atoms with Gasteiger partial charge in [-0.1, -0.05) is 54.6 Å². The topological polar surface area (TPSA) is 102 Å². The lowest BCUT2D eigenvalue weighted by atomic mass is 10.0. The number of hydrogen-bond acceptors (Lipinski definition) is 6. The number of esters is 1. The fraction of sp³-hybridized carbons (Fsp3) is 0.133. The zero-order valence-electron chi connectivity index (χ0n) is 20.1. The van der Waals surface area contributed by atoms with Gasteiger partial charge in [0.2, 0.25) is 5.78 Å². The quantitative estimate of drug-likeness (QED) is 0.215. The summed E-state index contributed by atoms with van der Waals surface area (Å²) in [5.41, 5.74) is 2.33. The van der Waals surface area contributed by atoms with E-state index in [0.717, 1.165) is 10.9 Å². The van der Waals surface area contributed by atoms with Gasteiger partial charge in [-0.25, -0.2) is 4.79 Å². The van der Waals surface area contributed by atoms with Crippen LogP contribution in [0.1, 0.15) is 32.7 Å². The number of ether oxygens (including phenoxy) is 1. The molecule has 0 bridgehead atoms. The minimum atomic E-state index is -0.766. The predicted octanol–water partition coefficient (Wildman–Crippen LogP) is 5.68. The second-order valence-electron chi connectivity index (χ2n) is 8.59. The van der Waals surface area contributed by atoms with Crippen LogP contribution in [0.2, 0.25) is 0 Å². The van der Waals surface area contributed by atoms with Crippen molar-refractivity contribution < 1.29 is 18.7 Å². The van der Waals surface area contributed by atoms with Crippen LogP contribution in [0.3, 0.4) is 0 Å². The van der Waals surface area contributed by atoms with Crippen LogP contribution in [0.5, 0.6) is 0 Å². The molecule has 0 fully saturated rings. The van der Waals surface area contributed by atoms with Crippen molar-refractivity contribution in [2.45, 2.75) is 19.9 Å². The summed E-state index contributed by atoms with van der Waals surface area (Å²) in [4.78, 5) is 39.2. The molecule has 7 nitrogen and oxygen atoms in total. The number of ketones is 1. The van der Waals surface area contributed by atoms with Crippen molar-refractivity contribution >= 4 is 33.6 Å². The number of Topliss-reactive ketones (excluding diaryl/α,β-unsaturated/α-hetero) is 1. The zero-order chi connectivity index (χ0) is 25.9. The molecule has 2 aromatic heterocycles. The zero-order valence-corrected chi connectivity index (χ0v) is 20.1. The Kier molecular flexibility index (Phi) is 6.40. The number of carbonyl (C=O) groups is 2. The van der Waals surface area contributed by atoms with E-state index >= 15 is 0 Å². The number of aromatic nitrogens is 1. The van der Waals surface area contributed by atoms with Crippen molar-refractivity contribution in [1.29, 1.82) is 5.26 Å². The van der Waals surface area contributed by atoms with Crippen LogP contribution in [0.4, 0.5) is 0 Å². The third-order valence-electron chi connectivity index (χ3n) is 6.29. The minimum Gasteiger partial charge on any atom is -0.455 e. The molecule has 5 aromatic rings. The molecule has 5 rings (SSSR count). The first kappa shape index (κ1) is 23.8. The van der Waals surface area contributed by atoms with Crippen molar-refractivity contribution in [1.82, 2.24) is 4.57 Å². The first-order chi connectivity index (χ1) is 18.0. The Hall–Kier alpha value is -4.96. The summed E-state index contributed by atoms with van der Waals surface area (Å²) in [7, 11) is 0. The van der Waals surface area contributed by atoms with Crippen molar-refractivity contribution in [3.05, 3.63) is 106 Å². The fourth-order valence-corrected chi connectivity index (χ4v) is 4.45. The highest BCUT2D eigenvalue weighted by Crippen LogP contribution is 2.28. The van der Waals surface area contributed by atoms with Gasteiger partial charge in [-0.2, -0.15) is 5.26 Å². The van der Waals surface area contributed by atoms with E-state index in [1.165, 1.54) is 6.07 Å². The molecule has 0 atom stereocenters. The third kappa shape index (κ3) is 4.41. The third-order valence-corrected chi connectivity index (χ3v) is 6.29. The highest BCUT2D eigenvalue weighted by atomic mass is 16.5. The van der Waals surface area contributed by atoms with E-state index in [9.17, 15) is 14.4 Å². The van der Waals surface area contributed by atoms with E-state index in [0.29, 0.717) is 35.4 Å². The molecular weight excluding hydrogens is 468 g/mol. The molecule has 182 valence electrons. The average molecular weight is 491 g/mol. The van der Waals surface area contributed by atoms with Gasteiger partial charge in [0.05, 0.1) is 17.9 Å². The van der Waals surface area contributed by atoms with Crippen LogP contribution < -0.4 is 5.43 Å². The summed E-state index contributed by atoms with van der Waals surface area (Å²) in [6, 6.07) is 23.4. The van der Waals surface area contributed by atoms with Crippen LogP contribution in [0.25, 0.3) is 33.2 Å². The smallest absolute Gasteiger partial charge is 0.342 e. The number of para-hydroxylation sites is 2. The van der Waals surface area contributed by atoms with Gasteiger partial charge >= 0.3 is 5.97 Å². The Morgan fingerprint density at radius 1 is 0.946 bits per heavy atom. The Bertz CT molecular complexity index is 1760. The number of aryl methyl sites for hydroxylation is 1. The lowest BCUT2D eigenvalue weighted by Crippen LogP contribution is -2.15. The Morgan fingerprint density at radius 2 is 1.68 bits per heavy atom. The molecule has 0 saturated heterocycles. The fourth-order valence-electron chi connectivity index (χ4n) is 4.45. The van der Waals surface area contributed by atoms with Crippen molar-refractivity contribution in [2.24, 2.45) is 0 Å². The van der Waals surface area contributed by atoms with E-state index < -0.39 is 12.6 Å². The summed E-state index contributed by atoms with van der Waals surface area (Å²) in [5, 5.41) is 9.93. The van der Waals surface area contributed by atoms with E-state index in [2.05, 4.69) is 6.07 Å². The van der Waals surface area contributed by atoms with Gasteiger partial charge in [0.1, 0.15) is 11.3 Å². The Morgan fingerprint density at radius 3 is 2.46 bits per heavy atom. The van der Waals surface area contributed by atoms with Gasteiger partial charge in [-0.05, 0) is 25.1 Å². The number of benzene rings is 3. The highest BCUT2D eigenvalue weighted by Gasteiger charge is 2.21. The van der Waals surface area contributed by atoms with Crippen LogP contribution in [-0.4, -0.2) is 22.9 Å². The first-order valence-corrected chi connectivity index (χ1v) is 11.8. The molecule has 0 amide bonds. The molecule has 0 aliphatic carbocycles.